The molecule has 5 nitrogen and oxygen atoms in total. The Labute approximate surface area is 106 Å². The van der Waals surface area contributed by atoms with Crippen molar-refractivity contribution in [3.8, 4) is 5.75 Å². The first kappa shape index (κ1) is 14.0. The number of amides is 1. The van der Waals surface area contributed by atoms with E-state index in [-0.39, 0.29) is 13.0 Å². The molecule has 0 unspecified atom stereocenters. The van der Waals surface area contributed by atoms with Crippen LogP contribution >= 0.6 is 0 Å². The Morgan fingerprint density at radius 3 is 2.28 bits per heavy atom. The van der Waals surface area contributed by atoms with E-state index >= 15 is 0 Å². The molecule has 0 saturated heterocycles. The topological polar surface area (TPSA) is 89.6 Å². The van der Waals surface area contributed by atoms with Crippen LogP contribution in [0.15, 0.2) is 24.3 Å². The summed E-state index contributed by atoms with van der Waals surface area (Å²) in [6.07, 6.45) is 0.181. The highest BCUT2D eigenvalue weighted by molar-refractivity contribution is 5.76. The molecule has 0 aliphatic rings. The quantitative estimate of drug-likeness (QED) is 0.795. The number of hydrogen-bond donors (Lipinski definition) is 2. The van der Waals surface area contributed by atoms with Crippen molar-refractivity contribution in [3.05, 3.63) is 29.8 Å². The second kappa shape index (κ2) is 5.53. The van der Waals surface area contributed by atoms with E-state index < -0.39 is 17.3 Å². The third-order valence-electron chi connectivity index (χ3n) is 2.48. The van der Waals surface area contributed by atoms with Crippen LogP contribution in [0.25, 0.3) is 0 Å². The first-order valence-electron chi connectivity index (χ1n) is 5.55. The standard InChI is InChI=1S/C13H17NO4/c1-13(2,12(16)17)8-18-10-5-3-9(4-6-10)7-11(14)15/h3-6H,7-8H2,1-2H3,(H2,14,15)(H,16,17). The Kier molecular flexibility index (Phi) is 4.31. The van der Waals surface area contributed by atoms with E-state index in [4.69, 9.17) is 15.6 Å². The molecule has 1 aromatic rings. The highest BCUT2D eigenvalue weighted by Crippen LogP contribution is 2.19. The molecule has 98 valence electrons. The maximum absolute atomic E-state index is 10.9. The van der Waals surface area contributed by atoms with Gasteiger partial charge in [0.2, 0.25) is 5.91 Å². The zero-order valence-electron chi connectivity index (χ0n) is 10.5. The minimum absolute atomic E-state index is 0.0809. The predicted molar refractivity (Wildman–Crippen MR) is 66.3 cm³/mol. The van der Waals surface area contributed by atoms with E-state index in [1.165, 1.54) is 0 Å². The number of primary amides is 1. The van der Waals surface area contributed by atoms with Gasteiger partial charge in [-0.1, -0.05) is 12.1 Å². The van der Waals surface area contributed by atoms with Gasteiger partial charge in [0.25, 0.3) is 0 Å². The van der Waals surface area contributed by atoms with Crippen LogP contribution in [-0.4, -0.2) is 23.6 Å². The van der Waals surface area contributed by atoms with E-state index in [0.29, 0.717) is 5.75 Å². The average Bonchev–Trinajstić information content (AvgIpc) is 2.27. The van der Waals surface area contributed by atoms with Gasteiger partial charge in [-0.3, -0.25) is 9.59 Å². The summed E-state index contributed by atoms with van der Waals surface area (Å²) in [5.74, 6) is -0.735. The lowest BCUT2D eigenvalue weighted by Gasteiger charge is -2.19. The summed E-state index contributed by atoms with van der Waals surface area (Å²) in [7, 11) is 0. The number of carboxylic acid groups (broad SMARTS) is 1. The molecule has 0 aliphatic carbocycles. The molecule has 0 aromatic heterocycles. The SMILES string of the molecule is CC(C)(COc1ccc(CC(N)=O)cc1)C(=O)O. The smallest absolute Gasteiger partial charge is 0.312 e. The average molecular weight is 251 g/mol. The summed E-state index contributed by atoms with van der Waals surface area (Å²) in [5, 5.41) is 8.93. The fourth-order valence-corrected chi connectivity index (χ4v) is 1.23. The van der Waals surface area contributed by atoms with E-state index in [0.717, 1.165) is 5.56 Å². The molecule has 5 heteroatoms. The molecule has 0 heterocycles. The molecule has 18 heavy (non-hydrogen) atoms. The maximum Gasteiger partial charge on any atom is 0.312 e. The Hall–Kier alpha value is -2.04. The third-order valence-corrected chi connectivity index (χ3v) is 2.48. The van der Waals surface area contributed by atoms with Gasteiger partial charge in [-0.15, -0.1) is 0 Å². The van der Waals surface area contributed by atoms with Gasteiger partial charge in [-0.05, 0) is 31.5 Å². The largest absolute Gasteiger partial charge is 0.492 e. The Balaban J connectivity index is 2.59. The Bertz CT molecular complexity index is 437. The number of ether oxygens (including phenoxy) is 1. The summed E-state index contributed by atoms with van der Waals surface area (Å²) in [4.78, 5) is 21.6. The molecule has 0 fully saturated rings. The van der Waals surface area contributed by atoms with Crippen molar-refractivity contribution in [2.24, 2.45) is 11.1 Å². The van der Waals surface area contributed by atoms with Crippen molar-refractivity contribution in [1.29, 1.82) is 0 Å². The lowest BCUT2D eigenvalue weighted by Crippen LogP contribution is -2.30. The summed E-state index contributed by atoms with van der Waals surface area (Å²) in [6.45, 7) is 3.27. The number of aliphatic carboxylic acids is 1. The van der Waals surface area contributed by atoms with Crippen LogP contribution in [0.4, 0.5) is 0 Å². The minimum Gasteiger partial charge on any atom is -0.492 e. The van der Waals surface area contributed by atoms with E-state index in [1.807, 2.05) is 0 Å². The van der Waals surface area contributed by atoms with Crippen LogP contribution in [0.2, 0.25) is 0 Å². The molecular formula is C13H17NO4. The van der Waals surface area contributed by atoms with Gasteiger partial charge in [0.1, 0.15) is 12.4 Å². The highest BCUT2D eigenvalue weighted by atomic mass is 16.5. The molecule has 0 atom stereocenters. The predicted octanol–water partition coefficient (Wildman–Crippen LogP) is 1.20. The van der Waals surface area contributed by atoms with Gasteiger partial charge in [0.15, 0.2) is 0 Å². The van der Waals surface area contributed by atoms with E-state index in [9.17, 15) is 9.59 Å². The molecule has 1 amide bonds. The number of carbonyl (C=O) groups is 2. The molecule has 0 saturated carbocycles. The first-order chi connectivity index (χ1) is 8.31. The number of rotatable bonds is 6. The van der Waals surface area contributed by atoms with Crippen LogP contribution in [0.1, 0.15) is 19.4 Å². The second-order valence-electron chi connectivity index (χ2n) is 4.76. The van der Waals surface area contributed by atoms with E-state index in [1.54, 1.807) is 38.1 Å². The van der Waals surface area contributed by atoms with Gasteiger partial charge >= 0.3 is 5.97 Å². The summed E-state index contributed by atoms with van der Waals surface area (Å²) < 4.78 is 5.40. The van der Waals surface area contributed by atoms with Gasteiger partial charge in [-0.25, -0.2) is 0 Å². The van der Waals surface area contributed by atoms with Crippen LogP contribution in [0.5, 0.6) is 5.75 Å². The van der Waals surface area contributed by atoms with Crippen molar-refractivity contribution >= 4 is 11.9 Å². The van der Waals surface area contributed by atoms with E-state index in [2.05, 4.69) is 0 Å². The fraction of sp³-hybridized carbons (Fsp3) is 0.385. The van der Waals surface area contributed by atoms with Crippen LogP contribution in [0.3, 0.4) is 0 Å². The third kappa shape index (κ3) is 4.08. The van der Waals surface area contributed by atoms with Crippen LogP contribution < -0.4 is 10.5 Å². The molecule has 1 rings (SSSR count). The van der Waals surface area contributed by atoms with Crippen molar-refractivity contribution in [1.82, 2.24) is 0 Å². The molecule has 0 bridgehead atoms. The van der Waals surface area contributed by atoms with Gasteiger partial charge in [0.05, 0.1) is 11.8 Å². The summed E-state index contributed by atoms with van der Waals surface area (Å²) >= 11 is 0. The Morgan fingerprint density at radius 2 is 1.83 bits per heavy atom. The Morgan fingerprint density at radius 1 is 1.28 bits per heavy atom. The number of carbonyl (C=O) groups excluding carboxylic acids is 1. The fourth-order valence-electron chi connectivity index (χ4n) is 1.23. The number of benzene rings is 1. The van der Waals surface area contributed by atoms with Crippen molar-refractivity contribution < 1.29 is 19.4 Å². The summed E-state index contributed by atoms with van der Waals surface area (Å²) in [5.41, 5.74) is 4.94. The zero-order chi connectivity index (χ0) is 13.8. The normalized spacial score (nSPS) is 11.0. The minimum atomic E-state index is -0.939. The number of hydrogen-bond acceptors (Lipinski definition) is 3. The molecule has 3 N–H and O–H groups in total. The van der Waals surface area contributed by atoms with Crippen molar-refractivity contribution in [3.63, 3.8) is 0 Å². The molecule has 1 aromatic carbocycles. The summed E-state index contributed by atoms with van der Waals surface area (Å²) in [6, 6.07) is 6.84. The number of nitrogens with two attached hydrogens (primary N) is 1. The number of carboxylic acids is 1. The lowest BCUT2D eigenvalue weighted by atomic mass is 9.95. The second-order valence-corrected chi connectivity index (χ2v) is 4.76. The lowest BCUT2D eigenvalue weighted by molar-refractivity contribution is -0.148. The van der Waals surface area contributed by atoms with Crippen LogP contribution in [-0.2, 0) is 16.0 Å². The molecule has 0 radical (unpaired) electrons. The van der Waals surface area contributed by atoms with Gasteiger partial charge in [-0.2, -0.15) is 0 Å². The van der Waals surface area contributed by atoms with Gasteiger partial charge < -0.3 is 15.6 Å². The first-order valence-corrected chi connectivity index (χ1v) is 5.55. The van der Waals surface area contributed by atoms with Crippen molar-refractivity contribution in [2.45, 2.75) is 20.3 Å². The van der Waals surface area contributed by atoms with Gasteiger partial charge in [0, 0.05) is 0 Å². The molecule has 0 aliphatic heterocycles. The van der Waals surface area contributed by atoms with Crippen molar-refractivity contribution in [2.75, 3.05) is 6.61 Å². The molecular weight excluding hydrogens is 234 g/mol. The maximum atomic E-state index is 10.9. The van der Waals surface area contributed by atoms with Crippen LogP contribution in [0, 0.1) is 5.41 Å². The molecule has 0 spiro atoms. The monoisotopic (exact) mass is 251 g/mol. The zero-order valence-corrected chi connectivity index (χ0v) is 10.5. The highest BCUT2D eigenvalue weighted by Gasteiger charge is 2.28.